The highest BCUT2D eigenvalue weighted by molar-refractivity contribution is 6.00. The van der Waals surface area contributed by atoms with Gasteiger partial charge in [0, 0.05) is 6.54 Å². The van der Waals surface area contributed by atoms with Crippen molar-refractivity contribution in [1.82, 2.24) is 4.90 Å². The number of methoxy groups -OCH3 is 2. The summed E-state index contributed by atoms with van der Waals surface area (Å²) < 4.78 is 10.5. The Balaban J connectivity index is 1.70. The number of nitrogens with zero attached hydrogens (tertiary/aromatic N) is 1. The number of anilines is 2. The van der Waals surface area contributed by atoms with Crippen molar-refractivity contribution < 1.29 is 19.1 Å². The first-order valence-corrected chi connectivity index (χ1v) is 8.78. The molecule has 0 bridgehead atoms. The maximum absolute atomic E-state index is 12.8. The summed E-state index contributed by atoms with van der Waals surface area (Å²) in [5, 5.41) is 5.70. The zero-order valence-corrected chi connectivity index (χ0v) is 15.4. The zero-order chi connectivity index (χ0) is 19.2. The SMILES string of the molecule is COc1ccccc1NC(=O)[C@H]1CCCN1C(=O)Nc1ccccc1OC. The van der Waals surface area contributed by atoms with Crippen molar-refractivity contribution >= 4 is 23.3 Å². The standard InChI is InChI=1S/C20H23N3O4/c1-26-17-11-5-3-8-14(17)21-19(24)16-10-7-13-23(16)20(25)22-15-9-4-6-12-18(15)27-2/h3-6,8-9,11-12,16H,7,10,13H2,1-2H3,(H,21,24)(H,22,25)/t16-/m1/s1. The summed E-state index contributed by atoms with van der Waals surface area (Å²) in [6.07, 6.45) is 1.38. The predicted octanol–water partition coefficient (Wildman–Crippen LogP) is 3.34. The van der Waals surface area contributed by atoms with Gasteiger partial charge in [0.2, 0.25) is 5.91 Å². The molecule has 0 saturated carbocycles. The number of urea groups is 1. The van der Waals surface area contributed by atoms with Gasteiger partial charge in [-0.25, -0.2) is 4.79 Å². The van der Waals surface area contributed by atoms with Crippen LogP contribution in [0.3, 0.4) is 0 Å². The molecule has 0 aliphatic carbocycles. The molecule has 1 heterocycles. The van der Waals surface area contributed by atoms with Crippen molar-refractivity contribution in [3.8, 4) is 11.5 Å². The molecule has 0 aromatic heterocycles. The van der Waals surface area contributed by atoms with E-state index < -0.39 is 6.04 Å². The molecule has 7 nitrogen and oxygen atoms in total. The molecule has 2 aromatic rings. The molecular weight excluding hydrogens is 346 g/mol. The quantitative estimate of drug-likeness (QED) is 0.847. The van der Waals surface area contributed by atoms with Crippen LogP contribution in [0.15, 0.2) is 48.5 Å². The Morgan fingerprint density at radius 1 is 0.926 bits per heavy atom. The molecule has 142 valence electrons. The molecule has 0 radical (unpaired) electrons. The molecule has 1 fully saturated rings. The second-order valence-corrected chi connectivity index (χ2v) is 6.17. The monoisotopic (exact) mass is 369 g/mol. The van der Waals surface area contributed by atoms with Gasteiger partial charge in [-0.3, -0.25) is 4.79 Å². The summed E-state index contributed by atoms with van der Waals surface area (Å²) in [6, 6.07) is 13.5. The van der Waals surface area contributed by atoms with Gasteiger partial charge in [-0.2, -0.15) is 0 Å². The average molecular weight is 369 g/mol. The Kier molecular flexibility index (Phi) is 5.80. The van der Waals surface area contributed by atoms with E-state index in [1.807, 2.05) is 24.3 Å². The van der Waals surface area contributed by atoms with Crippen molar-refractivity contribution in [2.75, 3.05) is 31.4 Å². The number of carbonyl (C=O) groups is 2. The van der Waals surface area contributed by atoms with Crippen LogP contribution in [0, 0.1) is 0 Å². The number of para-hydroxylation sites is 4. The van der Waals surface area contributed by atoms with Gasteiger partial charge in [-0.15, -0.1) is 0 Å². The summed E-state index contributed by atoms with van der Waals surface area (Å²) in [5.74, 6) is 0.918. The van der Waals surface area contributed by atoms with E-state index in [4.69, 9.17) is 9.47 Å². The van der Waals surface area contributed by atoms with E-state index in [9.17, 15) is 9.59 Å². The highest BCUT2D eigenvalue weighted by atomic mass is 16.5. The lowest BCUT2D eigenvalue weighted by molar-refractivity contribution is -0.119. The third-order valence-electron chi connectivity index (χ3n) is 4.53. The van der Waals surface area contributed by atoms with Crippen LogP contribution in [0.4, 0.5) is 16.2 Å². The van der Waals surface area contributed by atoms with E-state index >= 15 is 0 Å². The average Bonchev–Trinajstić information content (AvgIpc) is 3.19. The smallest absolute Gasteiger partial charge is 0.322 e. The minimum atomic E-state index is -0.537. The van der Waals surface area contributed by atoms with Crippen molar-refractivity contribution in [1.29, 1.82) is 0 Å². The number of amides is 3. The third-order valence-corrected chi connectivity index (χ3v) is 4.53. The first-order chi connectivity index (χ1) is 13.1. The van der Waals surface area contributed by atoms with Gasteiger partial charge in [-0.05, 0) is 37.1 Å². The number of hydrogen-bond donors (Lipinski definition) is 2. The highest BCUT2D eigenvalue weighted by Crippen LogP contribution is 2.27. The van der Waals surface area contributed by atoms with Crippen LogP contribution < -0.4 is 20.1 Å². The fourth-order valence-corrected chi connectivity index (χ4v) is 3.18. The molecule has 3 amide bonds. The van der Waals surface area contributed by atoms with Crippen LogP contribution in [0.1, 0.15) is 12.8 Å². The molecule has 1 aliphatic heterocycles. The summed E-state index contributed by atoms with van der Waals surface area (Å²) >= 11 is 0. The van der Waals surface area contributed by atoms with E-state index in [-0.39, 0.29) is 11.9 Å². The number of rotatable bonds is 5. The number of ether oxygens (including phenoxy) is 2. The minimum absolute atomic E-state index is 0.229. The largest absolute Gasteiger partial charge is 0.495 e. The maximum atomic E-state index is 12.8. The van der Waals surface area contributed by atoms with Gasteiger partial charge in [0.1, 0.15) is 17.5 Å². The molecule has 0 spiro atoms. The molecule has 1 aliphatic rings. The number of benzene rings is 2. The zero-order valence-electron chi connectivity index (χ0n) is 15.4. The van der Waals surface area contributed by atoms with Crippen LogP contribution in [-0.2, 0) is 4.79 Å². The van der Waals surface area contributed by atoms with Gasteiger partial charge in [0.05, 0.1) is 25.6 Å². The molecule has 1 atom stereocenters. The van der Waals surface area contributed by atoms with E-state index in [1.165, 1.54) is 0 Å². The van der Waals surface area contributed by atoms with E-state index in [0.717, 1.165) is 6.42 Å². The molecule has 7 heteroatoms. The van der Waals surface area contributed by atoms with Crippen LogP contribution in [0.2, 0.25) is 0 Å². The van der Waals surface area contributed by atoms with E-state index in [1.54, 1.807) is 43.4 Å². The first-order valence-electron chi connectivity index (χ1n) is 8.78. The van der Waals surface area contributed by atoms with Crippen molar-refractivity contribution in [3.63, 3.8) is 0 Å². The molecule has 27 heavy (non-hydrogen) atoms. The lowest BCUT2D eigenvalue weighted by Gasteiger charge is -2.25. The van der Waals surface area contributed by atoms with E-state index in [2.05, 4.69) is 10.6 Å². The summed E-state index contributed by atoms with van der Waals surface area (Å²) in [4.78, 5) is 27.0. The Bertz CT molecular complexity index is 757. The van der Waals surface area contributed by atoms with Crippen LogP contribution in [0.5, 0.6) is 11.5 Å². The van der Waals surface area contributed by atoms with Crippen LogP contribution in [-0.4, -0.2) is 43.6 Å². The van der Waals surface area contributed by atoms with Gasteiger partial charge in [0.25, 0.3) is 0 Å². The van der Waals surface area contributed by atoms with Crippen molar-refractivity contribution in [2.45, 2.75) is 18.9 Å². The fraction of sp³-hybridized carbons (Fsp3) is 0.300. The number of nitrogens with one attached hydrogen (secondary N) is 2. The summed E-state index contributed by atoms with van der Waals surface area (Å²) in [6.45, 7) is 0.519. The normalized spacial score (nSPS) is 15.9. The summed E-state index contributed by atoms with van der Waals surface area (Å²) in [5.41, 5.74) is 1.16. The van der Waals surface area contributed by atoms with Gasteiger partial charge in [0.15, 0.2) is 0 Å². The summed E-state index contributed by atoms with van der Waals surface area (Å²) in [7, 11) is 3.10. The third kappa shape index (κ3) is 4.13. The second kappa shape index (κ2) is 8.44. The molecule has 2 N–H and O–H groups in total. The van der Waals surface area contributed by atoms with Gasteiger partial charge < -0.3 is 25.0 Å². The molecular formula is C20H23N3O4. The van der Waals surface area contributed by atoms with E-state index in [0.29, 0.717) is 35.8 Å². The first kappa shape index (κ1) is 18.6. The van der Waals surface area contributed by atoms with Crippen molar-refractivity contribution in [3.05, 3.63) is 48.5 Å². The lowest BCUT2D eigenvalue weighted by atomic mass is 10.2. The van der Waals surface area contributed by atoms with Crippen molar-refractivity contribution in [2.24, 2.45) is 0 Å². The number of hydrogen-bond acceptors (Lipinski definition) is 4. The number of likely N-dealkylation sites (tertiary alicyclic amines) is 1. The Morgan fingerprint density at radius 3 is 2.07 bits per heavy atom. The Hall–Kier alpha value is -3.22. The maximum Gasteiger partial charge on any atom is 0.322 e. The number of carbonyl (C=O) groups excluding carboxylic acids is 2. The highest BCUT2D eigenvalue weighted by Gasteiger charge is 2.34. The fourth-order valence-electron chi connectivity index (χ4n) is 3.18. The molecule has 2 aromatic carbocycles. The van der Waals surface area contributed by atoms with Gasteiger partial charge in [-0.1, -0.05) is 24.3 Å². The second-order valence-electron chi connectivity index (χ2n) is 6.17. The Morgan fingerprint density at radius 2 is 1.48 bits per heavy atom. The molecule has 0 unspecified atom stereocenters. The Labute approximate surface area is 158 Å². The molecule has 3 rings (SSSR count). The van der Waals surface area contributed by atoms with Gasteiger partial charge >= 0.3 is 6.03 Å². The lowest BCUT2D eigenvalue weighted by Crippen LogP contribution is -2.45. The predicted molar refractivity (Wildman–Crippen MR) is 103 cm³/mol. The van der Waals surface area contributed by atoms with Crippen LogP contribution in [0.25, 0.3) is 0 Å². The minimum Gasteiger partial charge on any atom is -0.495 e. The topological polar surface area (TPSA) is 79.9 Å². The molecule has 1 saturated heterocycles. The van der Waals surface area contributed by atoms with Crippen LogP contribution >= 0.6 is 0 Å².